The van der Waals surface area contributed by atoms with Crippen molar-refractivity contribution >= 4 is 11.2 Å². The van der Waals surface area contributed by atoms with E-state index in [4.69, 9.17) is 14.8 Å². The number of aromatic amines is 1. The highest BCUT2D eigenvalue weighted by molar-refractivity contribution is 5.67. The van der Waals surface area contributed by atoms with Gasteiger partial charge in [0.2, 0.25) is 0 Å². The molecule has 16 heavy (non-hydrogen) atoms. The number of nitrogens with one attached hydrogen (secondary N) is 1. The quantitative estimate of drug-likeness (QED) is 0.583. The van der Waals surface area contributed by atoms with Crippen molar-refractivity contribution in [2.45, 2.75) is 12.2 Å². The van der Waals surface area contributed by atoms with Crippen molar-refractivity contribution < 1.29 is 14.6 Å². The van der Waals surface area contributed by atoms with E-state index in [1.54, 1.807) is 0 Å². The fourth-order valence-electron chi connectivity index (χ4n) is 1.27. The van der Waals surface area contributed by atoms with Crippen LogP contribution < -0.4 is 5.76 Å². The average molecular weight is 221 g/mol. The molecule has 2 aromatic heterocycles. The van der Waals surface area contributed by atoms with Crippen LogP contribution in [0.25, 0.3) is 11.2 Å². The van der Waals surface area contributed by atoms with Gasteiger partial charge >= 0.3 is 5.76 Å². The molecule has 0 aliphatic heterocycles. The van der Waals surface area contributed by atoms with Crippen molar-refractivity contribution in [1.29, 1.82) is 5.26 Å². The normalized spacial score (nSPS) is 14.6. The molecule has 0 aromatic carbocycles. The number of aliphatic hydroxyl groups is 2. The fraction of sp³-hybridized carbons (Fsp3) is 0.222. The van der Waals surface area contributed by atoms with Crippen LogP contribution in [0.15, 0.2) is 21.5 Å². The van der Waals surface area contributed by atoms with Crippen LogP contribution in [0.5, 0.6) is 0 Å². The van der Waals surface area contributed by atoms with Crippen LogP contribution in [0.2, 0.25) is 0 Å². The lowest BCUT2D eigenvalue weighted by Crippen LogP contribution is -2.15. The molecule has 2 atom stereocenters. The third-order valence-corrected chi connectivity index (χ3v) is 2.07. The van der Waals surface area contributed by atoms with E-state index in [9.17, 15) is 9.90 Å². The second-order valence-electron chi connectivity index (χ2n) is 3.15. The molecule has 82 valence electrons. The summed E-state index contributed by atoms with van der Waals surface area (Å²) < 4.78 is 4.72. The van der Waals surface area contributed by atoms with Crippen molar-refractivity contribution in [3.05, 3.63) is 28.4 Å². The molecule has 7 nitrogen and oxygen atoms in total. The predicted octanol–water partition coefficient (Wildman–Crippen LogP) is -0.566. The number of rotatable bonds is 2. The number of aliphatic hydroxyl groups excluding tert-OH is 2. The highest BCUT2D eigenvalue weighted by Crippen LogP contribution is 2.18. The van der Waals surface area contributed by atoms with Gasteiger partial charge in [-0.05, 0) is 6.07 Å². The summed E-state index contributed by atoms with van der Waals surface area (Å²) >= 11 is 0. The standard InChI is InChI=1S/C9H7N3O4/c10-2-5(13)7(14)4-1-6-8(11-3-4)12-9(15)16-6/h1,3,5,7,13-14H,(H,11,12,15). The van der Waals surface area contributed by atoms with Gasteiger partial charge in [0.25, 0.3) is 0 Å². The maximum atomic E-state index is 10.8. The monoisotopic (exact) mass is 221 g/mol. The summed E-state index contributed by atoms with van der Waals surface area (Å²) in [6.45, 7) is 0. The van der Waals surface area contributed by atoms with E-state index >= 15 is 0 Å². The summed E-state index contributed by atoms with van der Waals surface area (Å²) in [6, 6.07) is 2.83. The lowest BCUT2D eigenvalue weighted by atomic mass is 10.1. The van der Waals surface area contributed by atoms with Crippen LogP contribution in [-0.2, 0) is 0 Å². The van der Waals surface area contributed by atoms with E-state index < -0.39 is 18.0 Å². The van der Waals surface area contributed by atoms with Crippen LogP contribution in [0.1, 0.15) is 11.7 Å². The number of nitriles is 1. The van der Waals surface area contributed by atoms with Crippen LogP contribution in [-0.4, -0.2) is 26.3 Å². The van der Waals surface area contributed by atoms with E-state index in [0.29, 0.717) is 0 Å². The second-order valence-corrected chi connectivity index (χ2v) is 3.15. The van der Waals surface area contributed by atoms with Crippen molar-refractivity contribution in [2.24, 2.45) is 0 Å². The Morgan fingerprint density at radius 3 is 3.00 bits per heavy atom. The van der Waals surface area contributed by atoms with Gasteiger partial charge in [0, 0.05) is 11.8 Å². The molecular formula is C9H7N3O4. The third-order valence-electron chi connectivity index (χ3n) is 2.07. The van der Waals surface area contributed by atoms with E-state index in [2.05, 4.69) is 9.97 Å². The lowest BCUT2D eigenvalue weighted by Gasteiger charge is -2.10. The van der Waals surface area contributed by atoms with E-state index in [-0.39, 0.29) is 16.8 Å². The Kier molecular flexibility index (Phi) is 2.44. The van der Waals surface area contributed by atoms with Gasteiger partial charge in [-0.25, -0.2) is 9.78 Å². The summed E-state index contributed by atoms with van der Waals surface area (Å²) in [5.74, 6) is -0.657. The zero-order valence-electron chi connectivity index (χ0n) is 7.91. The summed E-state index contributed by atoms with van der Waals surface area (Å²) in [5, 5.41) is 27.1. The number of aromatic nitrogens is 2. The Morgan fingerprint density at radius 2 is 2.31 bits per heavy atom. The lowest BCUT2D eigenvalue weighted by molar-refractivity contribution is 0.0526. The van der Waals surface area contributed by atoms with Gasteiger partial charge in [0.05, 0.1) is 6.07 Å². The van der Waals surface area contributed by atoms with Crippen molar-refractivity contribution in [3.63, 3.8) is 0 Å². The third kappa shape index (κ3) is 1.67. The first-order valence-corrected chi connectivity index (χ1v) is 4.36. The van der Waals surface area contributed by atoms with E-state index in [1.807, 2.05) is 0 Å². The molecule has 0 amide bonds. The maximum Gasteiger partial charge on any atom is 0.418 e. The molecule has 0 radical (unpaired) electrons. The number of hydrogen-bond acceptors (Lipinski definition) is 6. The SMILES string of the molecule is N#CC(O)C(O)c1cnc2[nH]c(=O)oc2c1. The molecule has 0 aliphatic carbocycles. The molecule has 0 bridgehead atoms. The first kappa shape index (κ1) is 10.4. The smallest absolute Gasteiger partial charge is 0.406 e. The minimum Gasteiger partial charge on any atom is -0.406 e. The molecule has 2 aromatic rings. The first-order chi connectivity index (χ1) is 7.61. The van der Waals surface area contributed by atoms with E-state index in [1.165, 1.54) is 18.3 Å². The Labute approximate surface area is 88.6 Å². The molecule has 0 fully saturated rings. The molecule has 2 heterocycles. The van der Waals surface area contributed by atoms with Gasteiger partial charge in [-0.15, -0.1) is 0 Å². The number of H-pyrrole nitrogens is 1. The van der Waals surface area contributed by atoms with Crippen LogP contribution in [0.4, 0.5) is 0 Å². The summed E-state index contributed by atoms with van der Waals surface area (Å²) in [4.78, 5) is 17.0. The molecule has 3 N–H and O–H groups in total. The van der Waals surface area contributed by atoms with Gasteiger partial charge in [-0.3, -0.25) is 4.98 Å². The Bertz CT molecular complexity index is 609. The maximum absolute atomic E-state index is 10.8. The van der Waals surface area contributed by atoms with Gasteiger partial charge in [-0.2, -0.15) is 5.26 Å². The minimum absolute atomic E-state index is 0.159. The van der Waals surface area contributed by atoms with Crippen LogP contribution in [0, 0.1) is 11.3 Å². The fourth-order valence-corrected chi connectivity index (χ4v) is 1.27. The summed E-state index contributed by atoms with van der Waals surface area (Å²) in [7, 11) is 0. The number of fused-ring (bicyclic) bond motifs is 1. The zero-order valence-corrected chi connectivity index (χ0v) is 7.91. The summed E-state index contributed by atoms with van der Waals surface area (Å²) in [6.07, 6.45) is -1.69. The number of oxazole rings is 1. The first-order valence-electron chi connectivity index (χ1n) is 4.36. The topological polar surface area (TPSA) is 123 Å². The Hall–Kier alpha value is -2.17. The van der Waals surface area contributed by atoms with Crippen LogP contribution >= 0.6 is 0 Å². The number of hydrogen-bond donors (Lipinski definition) is 3. The Balaban J connectivity index is 2.47. The van der Waals surface area contributed by atoms with E-state index in [0.717, 1.165) is 0 Å². The number of nitrogens with zero attached hydrogens (tertiary/aromatic N) is 2. The van der Waals surface area contributed by atoms with Crippen molar-refractivity contribution in [1.82, 2.24) is 9.97 Å². The highest BCUT2D eigenvalue weighted by Gasteiger charge is 2.19. The van der Waals surface area contributed by atoms with Gasteiger partial charge in [0.15, 0.2) is 17.3 Å². The van der Waals surface area contributed by atoms with Gasteiger partial charge in [0.1, 0.15) is 6.10 Å². The zero-order chi connectivity index (χ0) is 11.7. The van der Waals surface area contributed by atoms with Crippen LogP contribution in [0.3, 0.4) is 0 Å². The molecular weight excluding hydrogens is 214 g/mol. The van der Waals surface area contributed by atoms with Gasteiger partial charge in [-0.1, -0.05) is 0 Å². The molecule has 0 spiro atoms. The molecule has 0 saturated carbocycles. The molecule has 2 rings (SSSR count). The average Bonchev–Trinajstić information content (AvgIpc) is 2.65. The minimum atomic E-state index is -1.55. The molecule has 0 aliphatic rings. The molecule has 0 saturated heterocycles. The van der Waals surface area contributed by atoms with Crippen molar-refractivity contribution in [3.8, 4) is 6.07 Å². The Morgan fingerprint density at radius 1 is 1.56 bits per heavy atom. The molecule has 2 unspecified atom stereocenters. The van der Waals surface area contributed by atoms with Crippen molar-refractivity contribution in [2.75, 3.05) is 0 Å². The largest absolute Gasteiger partial charge is 0.418 e. The van der Waals surface area contributed by atoms with Gasteiger partial charge < -0.3 is 14.6 Å². The second kappa shape index (κ2) is 3.77. The molecule has 7 heteroatoms. The number of pyridine rings is 1. The predicted molar refractivity (Wildman–Crippen MR) is 51.2 cm³/mol. The summed E-state index contributed by atoms with van der Waals surface area (Å²) in [5.41, 5.74) is 0.600. The highest BCUT2D eigenvalue weighted by atomic mass is 16.4.